The summed E-state index contributed by atoms with van der Waals surface area (Å²) in [6.07, 6.45) is 1.97. The molecule has 6 fully saturated rings. The molecule has 6 aromatic rings. The third-order valence-electron chi connectivity index (χ3n) is 15.6. The minimum absolute atomic E-state index is 0. The zero-order valence-electron chi connectivity index (χ0n) is 43.6. The number of carbonyl (C=O) groups excluding carboxylic acids is 2. The van der Waals surface area contributed by atoms with Crippen LogP contribution in [0.4, 0.5) is 47.3 Å². The van der Waals surface area contributed by atoms with Crippen LogP contribution in [-0.4, -0.2) is 98.9 Å². The van der Waals surface area contributed by atoms with E-state index in [2.05, 4.69) is 0 Å². The van der Waals surface area contributed by atoms with Gasteiger partial charge in [-0.25, -0.2) is 35.9 Å². The van der Waals surface area contributed by atoms with Crippen LogP contribution >= 0.6 is 0 Å². The average molecular weight is 1210 g/mol. The molecule has 18 heteroatoms. The molecule has 416 valence electrons. The van der Waals surface area contributed by atoms with E-state index in [0.717, 1.165) is 109 Å². The van der Waals surface area contributed by atoms with E-state index >= 15 is 0 Å². The smallest absolute Gasteiger partial charge is 0.415 e. The monoisotopic (exact) mass is 1210 g/mol. The van der Waals surface area contributed by atoms with Gasteiger partial charge >= 0.3 is 12.2 Å². The molecule has 10 nitrogen and oxygen atoms in total. The minimum Gasteiger partial charge on any atom is -1.00 e. The Morgan fingerprint density at radius 3 is 1.19 bits per heavy atom. The molecule has 6 aliphatic heterocycles. The van der Waals surface area contributed by atoms with Crippen LogP contribution in [0, 0.1) is 60.6 Å². The number of hydrogen-bond acceptors (Lipinski definition) is 6. The van der Waals surface area contributed by atoms with Gasteiger partial charge in [-0.05, 0) is 85.6 Å². The van der Waals surface area contributed by atoms with Gasteiger partial charge < -0.3 is 61.9 Å². The fourth-order valence-electron chi connectivity index (χ4n) is 11.3. The molecule has 0 saturated carbocycles. The summed E-state index contributed by atoms with van der Waals surface area (Å²) >= 11 is 0. The molecule has 0 unspecified atom stereocenters. The van der Waals surface area contributed by atoms with Crippen molar-refractivity contribution in [2.24, 2.45) is 11.8 Å². The number of quaternary nitrogens is 2. The molecule has 6 aromatic carbocycles. The molecule has 0 aromatic heterocycles. The Bertz CT molecular complexity index is 2770. The summed E-state index contributed by atoms with van der Waals surface area (Å²) in [5.74, 6) is -4.53. The minimum atomic E-state index is -1.27. The van der Waals surface area contributed by atoms with E-state index in [1.54, 1.807) is 36.4 Å². The Hall–Kier alpha value is -6.08. The first-order chi connectivity index (χ1) is 36.6. The second kappa shape index (κ2) is 26.7. The average Bonchev–Trinajstić information content (AvgIpc) is 3.50. The van der Waals surface area contributed by atoms with Crippen LogP contribution in [-0.2, 0) is 22.6 Å². The Morgan fingerprint density at radius 2 is 0.833 bits per heavy atom. The first-order valence-electron chi connectivity index (χ1n) is 26.1. The van der Waals surface area contributed by atoms with E-state index < -0.39 is 47.1 Å². The number of para-hydroxylation sites is 2. The summed E-state index contributed by atoms with van der Waals surface area (Å²) in [6, 6.07) is 36.3. The van der Waals surface area contributed by atoms with Crippen LogP contribution in [0.25, 0.3) is 0 Å². The van der Waals surface area contributed by atoms with Gasteiger partial charge in [-0.2, -0.15) is 0 Å². The molecule has 12 rings (SSSR count). The maximum atomic E-state index is 14.5. The highest BCUT2D eigenvalue weighted by atomic mass is 79.9. The number of carbonyl (C=O) groups is 2. The van der Waals surface area contributed by atoms with Gasteiger partial charge in [0.05, 0.1) is 39.3 Å². The largest absolute Gasteiger partial charge is 1.00 e. The molecule has 0 spiro atoms. The number of ether oxygens (including phenoxy) is 4. The summed E-state index contributed by atoms with van der Waals surface area (Å²) in [4.78, 5) is 29.7. The van der Waals surface area contributed by atoms with Gasteiger partial charge in [0.1, 0.15) is 62.5 Å². The molecular weight excluding hydrogens is 1150 g/mol. The third-order valence-corrected chi connectivity index (χ3v) is 15.6. The number of halogens is 8. The van der Waals surface area contributed by atoms with Gasteiger partial charge in [0.15, 0.2) is 35.5 Å². The van der Waals surface area contributed by atoms with Crippen molar-refractivity contribution >= 4 is 23.6 Å². The third kappa shape index (κ3) is 14.8. The Morgan fingerprint density at radius 1 is 0.474 bits per heavy atom. The van der Waals surface area contributed by atoms with Crippen molar-refractivity contribution in [3.05, 3.63) is 191 Å². The maximum Gasteiger partial charge on any atom is 0.415 e. The molecule has 6 aliphatic rings. The fourth-order valence-corrected chi connectivity index (χ4v) is 11.3. The predicted octanol–water partition coefficient (Wildman–Crippen LogP) is 6.50. The van der Waals surface area contributed by atoms with E-state index in [9.17, 15) is 35.9 Å². The van der Waals surface area contributed by atoms with Gasteiger partial charge in [0, 0.05) is 72.2 Å². The summed E-state index contributed by atoms with van der Waals surface area (Å²) in [5.41, 5.74) is 2.55. The predicted molar refractivity (Wildman–Crippen MR) is 277 cm³/mol. The highest BCUT2D eigenvalue weighted by molar-refractivity contribution is 5.88. The van der Waals surface area contributed by atoms with Gasteiger partial charge in [0.2, 0.25) is 0 Å². The van der Waals surface area contributed by atoms with Crippen LogP contribution in [0.1, 0.15) is 47.9 Å². The number of hydrogen-bond donors (Lipinski definition) is 0. The van der Waals surface area contributed by atoms with Crippen molar-refractivity contribution in [1.29, 1.82) is 0 Å². The molecule has 4 bridgehead atoms. The molecule has 2 atom stereocenters. The van der Waals surface area contributed by atoms with Crippen LogP contribution in [0.5, 0.6) is 11.5 Å². The number of aryl methyl sites for hydroxylation is 2. The quantitative estimate of drug-likeness (QED) is 0.0627. The highest BCUT2D eigenvalue weighted by Crippen LogP contribution is 2.38. The highest BCUT2D eigenvalue weighted by Gasteiger charge is 2.49. The molecule has 6 saturated heterocycles. The van der Waals surface area contributed by atoms with Crippen LogP contribution in [0.15, 0.2) is 133 Å². The fraction of sp³-hybridized carbons (Fsp3) is 0.367. The van der Waals surface area contributed by atoms with Crippen molar-refractivity contribution < 1.29 is 97.8 Å². The van der Waals surface area contributed by atoms with Crippen molar-refractivity contribution in [2.75, 3.05) is 75.4 Å². The molecule has 78 heavy (non-hydrogen) atoms. The number of anilines is 2. The lowest BCUT2D eigenvalue weighted by atomic mass is 9.83. The van der Waals surface area contributed by atoms with Gasteiger partial charge in [0.25, 0.3) is 0 Å². The van der Waals surface area contributed by atoms with Crippen LogP contribution in [0.3, 0.4) is 0 Å². The molecular formula is C60H64Br2F6N4O6. The molecule has 6 heterocycles. The Labute approximate surface area is 473 Å². The normalized spacial score (nSPS) is 21.6. The molecule has 0 radical (unpaired) electrons. The number of rotatable bonds is 16. The number of fused-ring (bicyclic) bond motifs is 6. The zero-order valence-corrected chi connectivity index (χ0v) is 46.8. The number of benzene rings is 6. The first-order valence-corrected chi connectivity index (χ1v) is 26.1. The lowest BCUT2D eigenvalue weighted by molar-refractivity contribution is -0.946. The number of nitrogens with zero attached hydrogens (tertiary/aromatic N) is 4. The molecule has 2 amide bonds. The Kier molecular flexibility index (Phi) is 20.4. The van der Waals surface area contributed by atoms with E-state index in [1.807, 2.05) is 86.6 Å². The standard InChI is InChI=1S/2C30H32F3N2O3.2BrH/c2*1-21-6-5-7-24(16-21)34(19-23-17-27(32)28(33)18-26(23)31)30(36)38-29-20-35(12-10-22(29)11-13-35)14-15-37-25-8-3-2-4-9-25;;/h2*2-9,16-18,22,29H,10-15,19-20H2,1H3;2*1H/q2*+1;;/p-2/t2*22?,29-,35?;;/m00../s1. The lowest BCUT2D eigenvalue weighted by Crippen LogP contribution is -3.00. The van der Waals surface area contributed by atoms with E-state index in [4.69, 9.17) is 18.9 Å². The van der Waals surface area contributed by atoms with Crippen LogP contribution in [0.2, 0.25) is 0 Å². The SMILES string of the molecule is Cc1cccc(N(Cc2cc(F)c(F)cc2F)C(=O)O[C@H]2C[N+]3(CCOc4ccccc4)CCC2CC3)c1.Cc1cccc(N(Cc2cc(F)c(F)cc2F)C(=O)O[C@H]2C[N+]3(CCOc4ccccc4)CCC2CC3)c1.[Br-].[Br-]. The van der Waals surface area contributed by atoms with Gasteiger partial charge in [-0.3, -0.25) is 9.80 Å². The summed E-state index contributed by atoms with van der Waals surface area (Å²) in [5, 5.41) is 0. The summed E-state index contributed by atoms with van der Waals surface area (Å²) in [6.45, 7) is 11.4. The van der Waals surface area contributed by atoms with Gasteiger partial charge in [-0.15, -0.1) is 0 Å². The summed E-state index contributed by atoms with van der Waals surface area (Å²) < 4.78 is 110. The van der Waals surface area contributed by atoms with Gasteiger partial charge in [-0.1, -0.05) is 60.7 Å². The maximum absolute atomic E-state index is 14.5. The van der Waals surface area contributed by atoms with E-state index in [1.165, 1.54) is 9.80 Å². The van der Waals surface area contributed by atoms with E-state index in [-0.39, 0.29) is 82.2 Å². The number of piperidine rings is 6. The van der Waals surface area contributed by atoms with Crippen molar-refractivity contribution in [3.63, 3.8) is 0 Å². The van der Waals surface area contributed by atoms with E-state index in [0.29, 0.717) is 49.8 Å². The molecule has 0 aliphatic carbocycles. The lowest BCUT2D eigenvalue weighted by Gasteiger charge is -2.52. The molecule has 0 N–H and O–H groups in total. The topological polar surface area (TPSA) is 77.5 Å². The first kappa shape index (κ1) is 59.6. The summed E-state index contributed by atoms with van der Waals surface area (Å²) in [7, 11) is 0. The van der Waals surface area contributed by atoms with Crippen molar-refractivity contribution in [1.82, 2.24) is 0 Å². The second-order valence-electron chi connectivity index (χ2n) is 20.8. The zero-order chi connectivity index (χ0) is 53.4. The van der Waals surface area contributed by atoms with Crippen LogP contribution < -0.4 is 53.2 Å². The Balaban J connectivity index is 0.000000220. The van der Waals surface area contributed by atoms with Crippen molar-refractivity contribution in [2.45, 2.75) is 64.8 Å². The van der Waals surface area contributed by atoms with Crippen molar-refractivity contribution in [3.8, 4) is 11.5 Å². The number of amides is 2. The second-order valence-corrected chi connectivity index (χ2v) is 20.8.